The number of rotatable bonds is 7. The van der Waals surface area contributed by atoms with Crippen molar-refractivity contribution in [2.45, 2.75) is 39.8 Å². The fourth-order valence-electron chi connectivity index (χ4n) is 2.18. The van der Waals surface area contributed by atoms with E-state index in [4.69, 9.17) is 4.74 Å². The smallest absolute Gasteiger partial charge is 0.338 e. The van der Waals surface area contributed by atoms with Gasteiger partial charge in [-0.05, 0) is 43.2 Å². The number of nitrogens with one attached hydrogen (secondary N) is 1. The first-order chi connectivity index (χ1) is 11.9. The van der Waals surface area contributed by atoms with Crippen molar-refractivity contribution in [1.82, 2.24) is 5.32 Å². The first-order valence-corrected chi connectivity index (χ1v) is 8.89. The van der Waals surface area contributed by atoms with E-state index >= 15 is 0 Å². The molecule has 0 fully saturated rings. The van der Waals surface area contributed by atoms with Crippen LogP contribution in [-0.4, -0.2) is 23.8 Å². The zero-order valence-electron chi connectivity index (χ0n) is 14.5. The lowest BCUT2D eigenvalue weighted by atomic mass is 10.1. The third-order valence-electron chi connectivity index (χ3n) is 3.67. The highest BCUT2D eigenvalue weighted by atomic mass is 32.1. The van der Waals surface area contributed by atoms with Gasteiger partial charge >= 0.3 is 5.97 Å². The van der Waals surface area contributed by atoms with Gasteiger partial charge in [0, 0.05) is 11.8 Å². The van der Waals surface area contributed by atoms with Crippen molar-refractivity contribution in [3.05, 3.63) is 57.3 Å². The number of carbonyl (C=O) groups excluding carboxylic acids is 3. The summed E-state index contributed by atoms with van der Waals surface area (Å²) in [4.78, 5) is 36.9. The van der Waals surface area contributed by atoms with E-state index in [0.717, 1.165) is 16.9 Å². The Bertz CT molecular complexity index is 764. The molecule has 0 aliphatic rings. The fraction of sp³-hybridized carbons (Fsp3) is 0.316. The minimum absolute atomic E-state index is 0.127. The standard InChI is InChI=1S/C19H21NO4S/c1-4-14-5-7-15(8-6-14)19(23)24-12(2)18(22)17-10-9-16(25-17)11-20-13(3)21/h5-10,12H,4,11H2,1-3H3,(H,20,21). The van der Waals surface area contributed by atoms with E-state index in [9.17, 15) is 14.4 Å². The molecule has 1 aromatic carbocycles. The van der Waals surface area contributed by atoms with Crippen molar-refractivity contribution in [2.75, 3.05) is 0 Å². The Morgan fingerprint density at radius 1 is 1.12 bits per heavy atom. The molecule has 1 amide bonds. The highest BCUT2D eigenvalue weighted by Crippen LogP contribution is 2.19. The number of Topliss-reactive ketones (excluding diaryl/α,β-unsaturated/α-hetero) is 1. The molecule has 6 heteroatoms. The average Bonchev–Trinajstić information content (AvgIpc) is 3.08. The summed E-state index contributed by atoms with van der Waals surface area (Å²) in [5, 5.41) is 2.68. The number of hydrogen-bond donors (Lipinski definition) is 1. The second kappa shape index (κ2) is 8.58. The van der Waals surface area contributed by atoms with Gasteiger partial charge in [0.25, 0.3) is 0 Å². The minimum atomic E-state index is -0.870. The van der Waals surface area contributed by atoms with E-state index in [1.165, 1.54) is 18.3 Å². The van der Waals surface area contributed by atoms with Crippen molar-refractivity contribution in [1.29, 1.82) is 0 Å². The van der Waals surface area contributed by atoms with Gasteiger partial charge in [0.05, 0.1) is 17.0 Å². The summed E-state index contributed by atoms with van der Waals surface area (Å²) in [6.45, 7) is 5.42. The number of esters is 1. The first kappa shape index (κ1) is 18.9. The molecule has 1 aromatic heterocycles. The molecule has 2 rings (SSSR count). The van der Waals surface area contributed by atoms with Crippen molar-refractivity contribution < 1.29 is 19.1 Å². The number of amides is 1. The number of aryl methyl sites for hydroxylation is 1. The predicted octanol–water partition coefficient (Wildman–Crippen LogP) is 3.37. The van der Waals surface area contributed by atoms with E-state index in [2.05, 4.69) is 5.32 Å². The Balaban J connectivity index is 1.97. The van der Waals surface area contributed by atoms with Crippen LogP contribution >= 0.6 is 11.3 Å². The second-order valence-electron chi connectivity index (χ2n) is 5.64. The van der Waals surface area contributed by atoms with Gasteiger partial charge in [0.2, 0.25) is 11.7 Å². The zero-order chi connectivity index (χ0) is 18.4. The molecule has 5 nitrogen and oxygen atoms in total. The van der Waals surface area contributed by atoms with Crippen LogP contribution < -0.4 is 5.32 Å². The van der Waals surface area contributed by atoms with Gasteiger partial charge in [-0.2, -0.15) is 0 Å². The molecule has 0 aliphatic carbocycles. The van der Waals surface area contributed by atoms with Crippen LogP contribution in [0.2, 0.25) is 0 Å². The molecule has 1 atom stereocenters. The molecule has 1 N–H and O–H groups in total. The van der Waals surface area contributed by atoms with Crippen molar-refractivity contribution in [3.63, 3.8) is 0 Å². The fourth-order valence-corrected chi connectivity index (χ4v) is 3.14. The third kappa shape index (κ3) is 5.26. The van der Waals surface area contributed by atoms with Crippen molar-refractivity contribution in [2.24, 2.45) is 0 Å². The van der Waals surface area contributed by atoms with Gasteiger partial charge < -0.3 is 10.1 Å². The lowest BCUT2D eigenvalue weighted by Crippen LogP contribution is -2.23. The number of benzene rings is 1. The van der Waals surface area contributed by atoms with Gasteiger partial charge in [-0.1, -0.05) is 19.1 Å². The van der Waals surface area contributed by atoms with Crippen LogP contribution in [0.15, 0.2) is 36.4 Å². The highest BCUT2D eigenvalue weighted by Gasteiger charge is 2.22. The van der Waals surface area contributed by atoms with E-state index < -0.39 is 12.1 Å². The Kier molecular flexibility index (Phi) is 6.47. The summed E-state index contributed by atoms with van der Waals surface area (Å²) in [5.41, 5.74) is 1.56. The normalized spacial score (nSPS) is 11.6. The van der Waals surface area contributed by atoms with Crippen molar-refractivity contribution in [3.8, 4) is 0 Å². The first-order valence-electron chi connectivity index (χ1n) is 8.08. The van der Waals surface area contributed by atoms with Crippen LogP contribution in [-0.2, 0) is 22.5 Å². The summed E-state index contributed by atoms with van der Waals surface area (Å²) in [5.74, 6) is -0.895. The lowest BCUT2D eigenvalue weighted by molar-refractivity contribution is -0.119. The topological polar surface area (TPSA) is 72.5 Å². The van der Waals surface area contributed by atoms with Crippen molar-refractivity contribution >= 4 is 29.0 Å². The van der Waals surface area contributed by atoms with Crippen LogP contribution in [0.4, 0.5) is 0 Å². The van der Waals surface area contributed by atoms with Crippen LogP contribution in [0.3, 0.4) is 0 Å². The Morgan fingerprint density at radius 3 is 2.40 bits per heavy atom. The summed E-state index contributed by atoms with van der Waals surface area (Å²) in [6.07, 6.45) is 0.0225. The lowest BCUT2D eigenvalue weighted by Gasteiger charge is -2.11. The number of ether oxygens (including phenoxy) is 1. The number of thiophene rings is 1. The summed E-state index contributed by atoms with van der Waals surface area (Å²) >= 11 is 1.28. The number of ketones is 1. The number of hydrogen-bond acceptors (Lipinski definition) is 5. The third-order valence-corrected chi connectivity index (χ3v) is 4.77. The predicted molar refractivity (Wildman–Crippen MR) is 96.9 cm³/mol. The van der Waals surface area contributed by atoms with E-state index in [-0.39, 0.29) is 11.7 Å². The average molecular weight is 359 g/mol. The molecule has 132 valence electrons. The van der Waals surface area contributed by atoms with E-state index in [1.54, 1.807) is 31.2 Å². The molecule has 0 saturated carbocycles. The molecule has 1 heterocycles. The van der Waals surface area contributed by atoms with Gasteiger partial charge in [-0.25, -0.2) is 4.79 Å². The maximum atomic E-state index is 12.4. The van der Waals surface area contributed by atoms with Crippen LogP contribution in [0.5, 0.6) is 0 Å². The molecule has 0 radical (unpaired) electrons. The quantitative estimate of drug-likeness (QED) is 0.608. The van der Waals surface area contributed by atoms with E-state index in [0.29, 0.717) is 17.0 Å². The second-order valence-corrected chi connectivity index (χ2v) is 6.81. The molecule has 0 bridgehead atoms. The summed E-state index contributed by atoms with van der Waals surface area (Å²) in [7, 11) is 0. The largest absolute Gasteiger partial charge is 0.451 e. The maximum Gasteiger partial charge on any atom is 0.338 e. The Labute approximate surface area is 151 Å². The summed E-state index contributed by atoms with van der Waals surface area (Å²) < 4.78 is 5.28. The van der Waals surface area contributed by atoms with E-state index in [1.807, 2.05) is 19.1 Å². The molecular formula is C19H21NO4S. The van der Waals surface area contributed by atoms with Crippen LogP contribution in [0.25, 0.3) is 0 Å². The molecule has 0 saturated heterocycles. The van der Waals surface area contributed by atoms with Gasteiger partial charge in [0.1, 0.15) is 0 Å². The molecule has 25 heavy (non-hydrogen) atoms. The minimum Gasteiger partial charge on any atom is -0.451 e. The molecule has 2 aromatic rings. The van der Waals surface area contributed by atoms with Gasteiger partial charge in [0.15, 0.2) is 6.10 Å². The Morgan fingerprint density at radius 2 is 1.80 bits per heavy atom. The van der Waals surface area contributed by atoms with Crippen LogP contribution in [0, 0.1) is 0 Å². The molecule has 0 spiro atoms. The zero-order valence-corrected chi connectivity index (χ0v) is 15.3. The van der Waals surface area contributed by atoms with Gasteiger partial charge in [-0.15, -0.1) is 11.3 Å². The Hall–Kier alpha value is -2.47. The summed E-state index contributed by atoms with van der Waals surface area (Å²) in [6, 6.07) is 10.6. The van der Waals surface area contributed by atoms with Gasteiger partial charge in [-0.3, -0.25) is 9.59 Å². The SMILES string of the molecule is CCc1ccc(C(=O)OC(C)C(=O)c2ccc(CNC(C)=O)s2)cc1. The maximum absolute atomic E-state index is 12.4. The monoisotopic (exact) mass is 359 g/mol. The van der Waals surface area contributed by atoms with Crippen LogP contribution in [0.1, 0.15) is 51.2 Å². The molecule has 1 unspecified atom stereocenters. The number of carbonyl (C=O) groups is 3. The molecule has 0 aliphatic heterocycles. The highest BCUT2D eigenvalue weighted by molar-refractivity contribution is 7.14. The molecular weight excluding hydrogens is 338 g/mol.